The number of aromatic hydroxyl groups is 1. The number of phenols is 1. The van der Waals surface area contributed by atoms with Crippen LogP contribution in [0.5, 0.6) is 5.75 Å². The van der Waals surface area contributed by atoms with Crippen LogP contribution in [0.1, 0.15) is 24.5 Å². The standard InChI is InChI=1S/C18H19N3O3/c1-2-13-7-3-5-9-15(13)20-17(23)11-18(24)21-19-12-14-8-4-6-10-16(14)22/h3-10,12,22H,2,11H2,1H3,(H,20,23)(H,21,24)/b19-12+. The minimum absolute atomic E-state index is 0.0596. The van der Waals surface area contributed by atoms with Gasteiger partial charge in [0.2, 0.25) is 11.8 Å². The second-order valence-corrected chi connectivity index (χ2v) is 5.09. The molecule has 0 aliphatic rings. The monoisotopic (exact) mass is 325 g/mol. The topological polar surface area (TPSA) is 90.8 Å². The fourth-order valence-corrected chi connectivity index (χ4v) is 2.10. The summed E-state index contributed by atoms with van der Waals surface area (Å²) in [5, 5.41) is 16.0. The van der Waals surface area contributed by atoms with Gasteiger partial charge in [-0.05, 0) is 30.2 Å². The summed E-state index contributed by atoms with van der Waals surface area (Å²) in [6.45, 7) is 1.99. The summed E-state index contributed by atoms with van der Waals surface area (Å²) in [6.07, 6.45) is 1.77. The number of hydrogen-bond donors (Lipinski definition) is 3. The summed E-state index contributed by atoms with van der Waals surface area (Å²) in [5.41, 5.74) is 4.44. The van der Waals surface area contributed by atoms with E-state index in [0.717, 1.165) is 12.0 Å². The third kappa shape index (κ3) is 4.95. The Kier molecular flexibility index (Phi) is 6.08. The van der Waals surface area contributed by atoms with Crippen molar-refractivity contribution in [3.63, 3.8) is 0 Å². The third-order valence-corrected chi connectivity index (χ3v) is 3.32. The summed E-state index contributed by atoms with van der Waals surface area (Å²) in [4.78, 5) is 23.6. The van der Waals surface area contributed by atoms with E-state index >= 15 is 0 Å². The van der Waals surface area contributed by atoms with Crippen molar-refractivity contribution in [2.45, 2.75) is 19.8 Å². The van der Waals surface area contributed by atoms with Crippen molar-refractivity contribution in [2.75, 3.05) is 5.32 Å². The van der Waals surface area contributed by atoms with Crippen molar-refractivity contribution in [3.05, 3.63) is 59.7 Å². The summed E-state index contributed by atoms with van der Waals surface area (Å²) < 4.78 is 0. The molecule has 124 valence electrons. The number of nitrogens with zero attached hydrogens (tertiary/aromatic N) is 1. The van der Waals surface area contributed by atoms with Crippen LogP contribution < -0.4 is 10.7 Å². The number of amides is 2. The molecule has 0 spiro atoms. The molecule has 6 heteroatoms. The van der Waals surface area contributed by atoms with Gasteiger partial charge in [0, 0.05) is 11.3 Å². The van der Waals surface area contributed by atoms with Crippen LogP contribution in [0, 0.1) is 0 Å². The molecule has 24 heavy (non-hydrogen) atoms. The molecule has 0 radical (unpaired) electrons. The summed E-state index contributed by atoms with van der Waals surface area (Å²) in [5.74, 6) is -0.885. The molecule has 2 aromatic carbocycles. The zero-order valence-corrected chi connectivity index (χ0v) is 13.3. The lowest BCUT2D eigenvalue weighted by molar-refractivity contribution is -0.126. The van der Waals surface area contributed by atoms with Crippen LogP contribution in [0.3, 0.4) is 0 Å². The first-order chi connectivity index (χ1) is 11.6. The Morgan fingerprint density at radius 1 is 1.08 bits per heavy atom. The van der Waals surface area contributed by atoms with E-state index in [1.807, 2.05) is 25.1 Å². The van der Waals surface area contributed by atoms with Crippen molar-refractivity contribution in [2.24, 2.45) is 5.10 Å². The van der Waals surface area contributed by atoms with E-state index in [1.165, 1.54) is 12.3 Å². The van der Waals surface area contributed by atoms with E-state index in [9.17, 15) is 14.7 Å². The molecule has 3 N–H and O–H groups in total. The molecule has 0 saturated heterocycles. The number of para-hydroxylation sites is 2. The lowest BCUT2D eigenvalue weighted by atomic mass is 10.1. The van der Waals surface area contributed by atoms with Crippen LogP contribution in [0.4, 0.5) is 5.69 Å². The predicted molar refractivity (Wildman–Crippen MR) is 92.9 cm³/mol. The van der Waals surface area contributed by atoms with Crippen LogP contribution in [0.15, 0.2) is 53.6 Å². The molecule has 0 aliphatic carbocycles. The molecule has 0 heterocycles. The molecule has 0 bridgehead atoms. The highest BCUT2D eigenvalue weighted by atomic mass is 16.3. The van der Waals surface area contributed by atoms with Crippen LogP contribution in [0.25, 0.3) is 0 Å². The number of nitrogens with one attached hydrogen (secondary N) is 2. The number of carbonyl (C=O) groups excluding carboxylic acids is 2. The van der Waals surface area contributed by atoms with Gasteiger partial charge < -0.3 is 10.4 Å². The van der Waals surface area contributed by atoms with Crippen LogP contribution in [-0.2, 0) is 16.0 Å². The average molecular weight is 325 g/mol. The first-order valence-electron chi connectivity index (χ1n) is 7.57. The molecule has 0 unspecified atom stereocenters. The van der Waals surface area contributed by atoms with Crippen LogP contribution >= 0.6 is 0 Å². The van der Waals surface area contributed by atoms with Gasteiger partial charge in [0.25, 0.3) is 0 Å². The van der Waals surface area contributed by atoms with Crippen molar-refractivity contribution >= 4 is 23.7 Å². The maximum atomic E-state index is 11.9. The second kappa shape index (κ2) is 8.47. The molecule has 6 nitrogen and oxygen atoms in total. The Hall–Kier alpha value is -3.15. The molecule has 2 amide bonds. The lowest BCUT2D eigenvalue weighted by Gasteiger charge is -2.09. The lowest BCUT2D eigenvalue weighted by Crippen LogP contribution is -2.25. The Balaban J connectivity index is 1.86. The molecule has 2 aromatic rings. The number of phenolic OH excluding ortho intramolecular Hbond substituents is 1. The molecular weight excluding hydrogens is 306 g/mol. The smallest absolute Gasteiger partial charge is 0.249 e. The average Bonchev–Trinajstić information content (AvgIpc) is 2.57. The molecule has 0 atom stereocenters. The first-order valence-corrected chi connectivity index (χ1v) is 7.57. The first kappa shape index (κ1) is 17.2. The van der Waals surface area contributed by atoms with Gasteiger partial charge in [0.05, 0.1) is 6.21 Å². The molecule has 2 rings (SSSR count). The maximum absolute atomic E-state index is 11.9. The van der Waals surface area contributed by atoms with E-state index in [4.69, 9.17) is 0 Å². The normalized spacial score (nSPS) is 10.5. The SMILES string of the molecule is CCc1ccccc1NC(=O)CC(=O)N/N=C/c1ccccc1O. The zero-order chi connectivity index (χ0) is 17.4. The van der Waals surface area contributed by atoms with E-state index in [0.29, 0.717) is 11.3 Å². The molecule has 0 aliphatic heterocycles. The van der Waals surface area contributed by atoms with Gasteiger partial charge in [0.15, 0.2) is 0 Å². The highest BCUT2D eigenvalue weighted by Crippen LogP contribution is 2.15. The quantitative estimate of drug-likeness (QED) is 0.433. The Morgan fingerprint density at radius 3 is 2.54 bits per heavy atom. The van der Waals surface area contributed by atoms with Crippen molar-refractivity contribution < 1.29 is 14.7 Å². The minimum atomic E-state index is -0.534. The highest BCUT2D eigenvalue weighted by molar-refractivity contribution is 6.04. The number of benzene rings is 2. The number of aryl methyl sites for hydroxylation is 1. The van der Waals surface area contributed by atoms with E-state index in [2.05, 4.69) is 15.8 Å². The van der Waals surface area contributed by atoms with E-state index < -0.39 is 11.8 Å². The van der Waals surface area contributed by atoms with Gasteiger partial charge >= 0.3 is 0 Å². The summed E-state index contributed by atoms with van der Waals surface area (Å²) in [7, 11) is 0. The Bertz CT molecular complexity index is 757. The molecule has 0 fully saturated rings. The maximum Gasteiger partial charge on any atom is 0.249 e. The zero-order valence-electron chi connectivity index (χ0n) is 13.3. The van der Waals surface area contributed by atoms with Gasteiger partial charge in [-0.15, -0.1) is 0 Å². The number of carbonyl (C=O) groups is 2. The Morgan fingerprint density at radius 2 is 1.79 bits per heavy atom. The molecular formula is C18H19N3O3. The molecule has 0 saturated carbocycles. The summed E-state index contributed by atoms with van der Waals surface area (Å²) in [6, 6.07) is 14.0. The van der Waals surface area contributed by atoms with Gasteiger partial charge in [-0.25, -0.2) is 5.43 Å². The second-order valence-electron chi connectivity index (χ2n) is 5.09. The molecule has 0 aromatic heterocycles. The predicted octanol–water partition coefficient (Wildman–Crippen LogP) is 2.43. The number of rotatable bonds is 6. The van der Waals surface area contributed by atoms with Crippen molar-refractivity contribution in [1.29, 1.82) is 0 Å². The van der Waals surface area contributed by atoms with Gasteiger partial charge in [-0.3, -0.25) is 9.59 Å². The number of hydrazone groups is 1. The fraction of sp³-hybridized carbons (Fsp3) is 0.167. The van der Waals surface area contributed by atoms with Crippen molar-refractivity contribution in [1.82, 2.24) is 5.43 Å². The number of anilines is 1. The third-order valence-electron chi connectivity index (χ3n) is 3.32. The van der Waals surface area contributed by atoms with Gasteiger partial charge in [-0.1, -0.05) is 37.3 Å². The fourth-order valence-electron chi connectivity index (χ4n) is 2.10. The van der Waals surface area contributed by atoms with E-state index in [-0.39, 0.29) is 12.2 Å². The van der Waals surface area contributed by atoms with Crippen LogP contribution in [-0.4, -0.2) is 23.1 Å². The van der Waals surface area contributed by atoms with Gasteiger partial charge in [-0.2, -0.15) is 5.10 Å². The van der Waals surface area contributed by atoms with Crippen molar-refractivity contribution in [3.8, 4) is 5.75 Å². The minimum Gasteiger partial charge on any atom is -0.507 e. The number of hydrogen-bond acceptors (Lipinski definition) is 4. The highest BCUT2D eigenvalue weighted by Gasteiger charge is 2.10. The van der Waals surface area contributed by atoms with Gasteiger partial charge in [0.1, 0.15) is 12.2 Å². The van der Waals surface area contributed by atoms with Crippen LogP contribution in [0.2, 0.25) is 0 Å². The summed E-state index contributed by atoms with van der Waals surface area (Å²) >= 11 is 0. The Labute approximate surface area is 140 Å². The van der Waals surface area contributed by atoms with E-state index in [1.54, 1.807) is 24.3 Å². The largest absolute Gasteiger partial charge is 0.507 e.